The molecule has 0 spiro atoms. The number of carbonyl (C=O) groups is 2. The zero-order chi connectivity index (χ0) is 18.9. The lowest BCUT2D eigenvalue weighted by Gasteiger charge is -2.23. The molecule has 2 N–H and O–H groups in total. The number of aryl methyl sites for hydroxylation is 2. The predicted octanol–water partition coefficient (Wildman–Crippen LogP) is 3.35. The summed E-state index contributed by atoms with van der Waals surface area (Å²) >= 11 is 0. The third-order valence-electron chi connectivity index (χ3n) is 5.51. The standard InChI is InChI=1S/C22H26N2O2/c1-15-8-9-17(12-16(15)2)20(25)18-6-4-5-7-19(18)21(26)24-11-10-22(3,13-23)14-24/h4-9,12H,10-11,13-14,23H2,1-3H3. The molecule has 0 saturated carbocycles. The molecule has 1 aliphatic rings. The highest BCUT2D eigenvalue weighted by Crippen LogP contribution is 2.30. The van der Waals surface area contributed by atoms with E-state index >= 15 is 0 Å². The van der Waals surface area contributed by atoms with Crippen LogP contribution < -0.4 is 5.73 Å². The quantitative estimate of drug-likeness (QED) is 0.860. The normalized spacial score (nSPS) is 19.6. The van der Waals surface area contributed by atoms with Crippen LogP contribution in [0.2, 0.25) is 0 Å². The molecule has 1 saturated heterocycles. The van der Waals surface area contributed by atoms with Crippen molar-refractivity contribution >= 4 is 11.7 Å². The van der Waals surface area contributed by atoms with Crippen molar-refractivity contribution in [2.45, 2.75) is 27.2 Å². The Labute approximate surface area is 155 Å². The van der Waals surface area contributed by atoms with E-state index < -0.39 is 0 Å². The van der Waals surface area contributed by atoms with Gasteiger partial charge in [-0.2, -0.15) is 0 Å². The monoisotopic (exact) mass is 350 g/mol. The molecule has 1 amide bonds. The molecule has 4 heteroatoms. The van der Waals surface area contributed by atoms with E-state index in [2.05, 4.69) is 6.92 Å². The third-order valence-corrected chi connectivity index (χ3v) is 5.51. The van der Waals surface area contributed by atoms with Crippen LogP contribution in [0.4, 0.5) is 0 Å². The Kier molecular flexibility index (Phi) is 4.97. The second kappa shape index (κ2) is 7.04. The minimum Gasteiger partial charge on any atom is -0.338 e. The molecule has 4 nitrogen and oxygen atoms in total. The van der Waals surface area contributed by atoms with Gasteiger partial charge in [0.25, 0.3) is 5.91 Å². The van der Waals surface area contributed by atoms with Crippen LogP contribution in [0.5, 0.6) is 0 Å². The zero-order valence-corrected chi connectivity index (χ0v) is 15.7. The van der Waals surface area contributed by atoms with Crippen molar-refractivity contribution in [1.82, 2.24) is 4.90 Å². The molecule has 136 valence electrons. The second-order valence-electron chi connectivity index (χ2n) is 7.67. The first-order chi connectivity index (χ1) is 12.3. The van der Waals surface area contributed by atoms with Crippen LogP contribution in [0.3, 0.4) is 0 Å². The van der Waals surface area contributed by atoms with Gasteiger partial charge >= 0.3 is 0 Å². The third kappa shape index (κ3) is 3.42. The van der Waals surface area contributed by atoms with Crippen LogP contribution in [0.25, 0.3) is 0 Å². The average molecular weight is 350 g/mol. The van der Waals surface area contributed by atoms with E-state index in [1.54, 1.807) is 18.2 Å². The predicted molar refractivity (Wildman–Crippen MR) is 103 cm³/mol. The number of ketones is 1. The topological polar surface area (TPSA) is 63.4 Å². The van der Waals surface area contributed by atoms with Crippen LogP contribution in [-0.2, 0) is 0 Å². The van der Waals surface area contributed by atoms with Gasteiger partial charge in [-0.3, -0.25) is 9.59 Å². The summed E-state index contributed by atoms with van der Waals surface area (Å²) in [5, 5.41) is 0. The highest BCUT2D eigenvalue weighted by atomic mass is 16.2. The number of hydrogen-bond acceptors (Lipinski definition) is 3. The number of benzene rings is 2. The molecule has 1 unspecified atom stereocenters. The summed E-state index contributed by atoms with van der Waals surface area (Å²) in [5.74, 6) is -0.201. The first kappa shape index (κ1) is 18.3. The lowest BCUT2D eigenvalue weighted by Crippen LogP contribution is -2.35. The molecule has 1 atom stereocenters. The smallest absolute Gasteiger partial charge is 0.254 e. The van der Waals surface area contributed by atoms with Gasteiger partial charge in [-0.1, -0.05) is 37.3 Å². The summed E-state index contributed by atoms with van der Waals surface area (Å²) in [6, 6.07) is 12.8. The van der Waals surface area contributed by atoms with E-state index in [1.165, 1.54) is 0 Å². The SMILES string of the molecule is Cc1ccc(C(=O)c2ccccc2C(=O)N2CCC(C)(CN)C2)cc1C. The number of nitrogens with two attached hydrogens (primary N) is 1. The van der Waals surface area contributed by atoms with E-state index in [-0.39, 0.29) is 17.1 Å². The van der Waals surface area contributed by atoms with Gasteiger partial charge in [0.15, 0.2) is 5.78 Å². The van der Waals surface area contributed by atoms with Gasteiger partial charge in [0.1, 0.15) is 0 Å². The van der Waals surface area contributed by atoms with Crippen LogP contribution in [0, 0.1) is 19.3 Å². The fraction of sp³-hybridized carbons (Fsp3) is 0.364. The largest absolute Gasteiger partial charge is 0.338 e. The van der Waals surface area contributed by atoms with Gasteiger partial charge in [0.05, 0.1) is 5.56 Å². The molecule has 2 aromatic rings. The first-order valence-corrected chi connectivity index (χ1v) is 9.05. The number of amides is 1. The Hall–Kier alpha value is -2.46. The molecule has 0 aliphatic carbocycles. The van der Waals surface area contributed by atoms with Crippen LogP contribution in [0.15, 0.2) is 42.5 Å². The summed E-state index contributed by atoms with van der Waals surface area (Å²) < 4.78 is 0. The summed E-state index contributed by atoms with van der Waals surface area (Å²) in [7, 11) is 0. The van der Waals surface area contributed by atoms with Gasteiger partial charge in [-0.25, -0.2) is 0 Å². The molecular weight excluding hydrogens is 324 g/mol. The minimum absolute atomic E-state index is 0.0390. The van der Waals surface area contributed by atoms with Crippen LogP contribution in [-0.4, -0.2) is 36.2 Å². The van der Waals surface area contributed by atoms with Crippen LogP contribution >= 0.6 is 0 Å². The van der Waals surface area contributed by atoms with E-state index in [0.29, 0.717) is 36.3 Å². The second-order valence-corrected chi connectivity index (χ2v) is 7.67. The maximum absolute atomic E-state index is 13.1. The summed E-state index contributed by atoms with van der Waals surface area (Å²) in [5.41, 5.74) is 9.57. The molecule has 0 bridgehead atoms. The van der Waals surface area contributed by atoms with Crippen LogP contribution in [0.1, 0.15) is 50.8 Å². The lowest BCUT2D eigenvalue weighted by atomic mass is 9.90. The van der Waals surface area contributed by atoms with Crippen molar-refractivity contribution in [3.05, 3.63) is 70.3 Å². The van der Waals surface area contributed by atoms with Gasteiger partial charge in [0, 0.05) is 24.2 Å². The highest BCUT2D eigenvalue weighted by Gasteiger charge is 2.36. The van der Waals surface area contributed by atoms with Gasteiger partial charge in [-0.05, 0) is 55.5 Å². The summed E-state index contributed by atoms with van der Waals surface area (Å²) in [6.07, 6.45) is 0.891. The lowest BCUT2D eigenvalue weighted by molar-refractivity contribution is 0.0772. The molecule has 2 aromatic carbocycles. The van der Waals surface area contributed by atoms with Gasteiger partial charge < -0.3 is 10.6 Å². The maximum Gasteiger partial charge on any atom is 0.254 e. The summed E-state index contributed by atoms with van der Waals surface area (Å²) in [4.78, 5) is 27.9. The molecule has 26 heavy (non-hydrogen) atoms. The number of rotatable bonds is 4. The molecule has 0 radical (unpaired) electrons. The van der Waals surface area contributed by atoms with E-state index in [1.807, 2.05) is 43.0 Å². The first-order valence-electron chi connectivity index (χ1n) is 9.05. The van der Waals surface area contributed by atoms with Gasteiger partial charge in [0.2, 0.25) is 0 Å². The average Bonchev–Trinajstić information content (AvgIpc) is 3.06. The Morgan fingerprint density at radius 1 is 1.08 bits per heavy atom. The van der Waals surface area contributed by atoms with E-state index in [9.17, 15) is 9.59 Å². The van der Waals surface area contributed by atoms with E-state index in [4.69, 9.17) is 5.73 Å². The fourth-order valence-electron chi connectivity index (χ4n) is 3.44. The van der Waals surface area contributed by atoms with Crippen molar-refractivity contribution < 1.29 is 9.59 Å². The molecule has 0 aromatic heterocycles. The Bertz CT molecular complexity index is 859. The minimum atomic E-state index is -0.113. The maximum atomic E-state index is 13.1. The van der Waals surface area contributed by atoms with Crippen molar-refractivity contribution in [2.75, 3.05) is 19.6 Å². The molecule has 3 rings (SSSR count). The number of nitrogens with zero attached hydrogens (tertiary/aromatic N) is 1. The molecular formula is C22H26N2O2. The van der Waals surface area contributed by atoms with Crippen molar-refractivity contribution in [1.29, 1.82) is 0 Å². The zero-order valence-electron chi connectivity index (χ0n) is 15.7. The Morgan fingerprint density at radius 2 is 1.77 bits per heavy atom. The van der Waals surface area contributed by atoms with Gasteiger partial charge in [-0.15, -0.1) is 0 Å². The molecule has 1 fully saturated rings. The van der Waals surface area contributed by atoms with Crippen molar-refractivity contribution in [3.63, 3.8) is 0 Å². The number of hydrogen-bond donors (Lipinski definition) is 1. The number of likely N-dealkylation sites (tertiary alicyclic amines) is 1. The summed E-state index contributed by atoms with van der Waals surface area (Å²) in [6.45, 7) is 7.98. The fourth-order valence-corrected chi connectivity index (χ4v) is 3.44. The van der Waals surface area contributed by atoms with Crippen molar-refractivity contribution in [2.24, 2.45) is 11.1 Å². The molecule has 1 heterocycles. The highest BCUT2D eigenvalue weighted by molar-refractivity contribution is 6.15. The Morgan fingerprint density at radius 3 is 2.38 bits per heavy atom. The van der Waals surface area contributed by atoms with E-state index in [0.717, 1.165) is 17.5 Å². The molecule has 1 aliphatic heterocycles. The number of carbonyl (C=O) groups excluding carboxylic acids is 2. The van der Waals surface area contributed by atoms with Crippen molar-refractivity contribution in [3.8, 4) is 0 Å². The Balaban J connectivity index is 1.92.